The van der Waals surface area contributed by atoms with Crippen LogP contribution in [-0.2, 0) is 0 Å². The normalized spacial score (nSPS) is 11.9. The fourth-order valence-electron chi connectivity index (χ4n) is 2.46. The molecule has 0 aliphatic heterocycles. The van der Waals surface area contributed by atoms with Crippen LogP contribution in [0.2, 0.25) is 5.02 Å². The zero-order valence-corrected chi connectivity index (χ0v) is 13.1. The molecule has 3 nitrogen and oxygen atoms in total. The third kappa shape index (κ3) is 2.96. The molecule has 0 fully saturated rings. The van der Waals surface area contributed by atoms with Crippen molar-refractivity contribution in [3.8, 4) is 6.07 Å². The van der Waals surface area contributed by atoms with Crippen LogP contribution in [0, 0.1) is 17.1 Å². The summed E-state index contributed by atoms with van der Waals surface area (Å²) in [6.45, 7) is 1.91. The number of benzene rings is 2. The van der Waals surface area contributed by atoms with Crippen LogP contribution in [0.15, 0.2) is 48.7 Å². The Bertz CT molecular complexity index is 918. The largest absolute Gasteiger partial charge is 0.376 e. The zero-order valence-electron chi connectivity index (χ0n) is 12.3. The third-order valence-electron chi connectivity index (χ3n) is 3.69. The first-order valence-corrected chi connectivity index (χ1v) is 7.47. The number of pyridine rings is 1. The van der Waals surface area contributed by atoms with Crippen molar-refractivity contribution < 1.29 is 4.39 Å². The summed E-state index contributed by atoms with van der Waals surface area (Å²) in [5, 5.41) is 13.1. The molecular weight excluding hydrogens is 313 g/mol. The zero-order chi connectivity index (χ0) is 16.4. The van der Waals surface area contributed by atoms with Gasteiger partial charge in [-0.2, -0.15) is 5.26 Å². The average Bonchev–Trinajstić information content (AvgIpc) is 2.58. The topological polar surface area (TPSA) is 48.7 Å². The molecule has 1 atom stereocenters. The number of nitriles is 1. The van der Waals surface area contributed by atoms with Gasteiger partial charge in [0.25, 0.3) is 0 Å². The van der Waals surface area contributed by atoms with Gasteiger partial charge in [0.05, 0.1) is 22.3 Å². The number of halogens is 2. The molecule has 1 unspecified atom stereocenters. The van der Waals surface area contributed by atoms with Gasteiger partial charge in [0.15, 0.2) is 5.82 Å². The van der Waals surface area contributed by atoms with E-state index in [4.69, 9.17) is 16.9 Å². The molecule has 0 radical (unpaired) electrons. The lowest BCUT2D eigenvalue weighted by atomic mass is 10.0. The molecule has 5 heteroatoms. The second-order valence-corrected chi connectivity index (χ2v) is 5.63. The van der Waals surface area contributed by atoms with E-state index in [-0.39, 0.29) is 11.6 Å². The van der Waals surface area contributed by atoms with Gasteiger partial charge in [-0.05, 0) is 42.8 Å². The second kappa shape index (κ2) is 6.23. The highest BCUT2D eigenvalue weighted by atomic mass is 35.5. The first kappa shape index (κ1) is 15.3. The lowest BCUT2D eigenvalue weighted by Gasteiger charge is -2.17. The van der Waals surface area contributed by atoms with E-state index in [0.717, 1.165) is 5.56 Å². The fourth-order valence-corrected chi connectivity index (χ4v) is 2.66. The lowest BCUT2D eigenvalue weighted by Crippen LogP contribution is -2.08. The molecule has 0 bridgehead atoms. The van der Waals surface area contributed by atoms with E-state index >= 15 is 0 Å². The fraction of sp³-hybridized carbons (Fsp3) is 0.111. The number of hydrogen-bond acceptors (Lipinski definition) is 3. The Hall–Kier alpha value is -2.64. The molecule has 0 aliphatic carbocycles. The van der Waals surface area contributed by atoms with Crippen molar-refractivity contribution >= 4 is 28.2 Å². The van der Waals surface area contributed by atoms with Gasteiger partial charge >= 0.3 is 0 Å². The van der Waals surface area contributed by atoms with Crippen LogP contribution < -0.4 is 5.32 Å². The minimum absolute atomic E-state index is 0.158. The van der Waals surface area contributed by atoms with E-state index in [1.165, 1.54) is 6.20 Å². The van der Waals surface area contributed by atoms with Crippen LogP contribution in [0.5, 0.6) is 0 Å². The van der Waals surface area contributed by atoms with Crippen LogP contribution in [0.3, 0.4) is 0 Å². The smallest absolute Gasteiger partial charge is 0.172 e. The molecule has 1 aromatic heterocycles. The maximum Gasteiger partial charge on any atom is 0.172 e. The van der Waals surface area contributed by atoms with Gasteiger partial charge < -0.3 is 5.32 Å². The summed E-state index contributed by atoms with van der Waals surface area (Å²) >= 11 is 6.06. The van der Waals surface area contributed by atoms with E-state index in [9.17, 15) is 4.39 Å². The molecule has 23 heavy (non-hydrogen) atoms. The van der Waals surface area contributed by atoms with Crippen LogP contribution >= 0.6 is 11.6 Å². The highest BCUT2D eigenvalue weighted by Gasteiger charge is 2.13. The standard InChI is InChI=1S/C18H13ClFN3/c1-11(13-4-2-3-12(9-13)10-21)23-16-6-5-14-15(19)7-8-22-18(14)17(16)20/h2-9,11,23H,1H3. The number of nitrogens with one attached hydrogen (secondary N) is 1. The maximum absolute atomic E-state index is 14.6. The van der Waals surface area contributed by atoms with Gasteiger partial charge in [-0.15, -0.1) is 0 Å². The number of nitrogens with zero attached hydrogens (tertiary/aromatic N) is 2. The van der Waals surface area contributed by atoms with Crippen molar-refractivity contribution in [3.05, 3.63) is 70.6 Å². The van der Waals surface area contributed by atoms with E-state index < -0.39 is 5.82 Å². The summed E-state index contributed by atoms with van der Waals surface area (Å²) in [6.07, 6.45) is 1.48. The van der Waals surface area contributed by atoms with Crippen LogP contribution in [0.1, 0.15) is 24.1 Å². The van der Waals surface area contributed by atoms with Gasteiger partial charge in [0.1, 0.15) is 5.52 Å². The molecule has 3 rings (SSSR count). The Kier molecular flexibility index (Phi) is 4.14. The van der Waals surface area contributed by atoms with E-state index in [2.05, 4.69) is 16.4 Å². The highest BCUT2D eigenvalue weighted by Crippen LogP contribution is 2.30. The Balaban J connectivity index is 1.95. The van der Waals surface area contributed by atoms with Crippen molar-refractivity contribution in [1.29, 1.82) is 5.26 Å². The minimum Gasteiger partial charge on any atom is -0.376 e. The number of aromatic nitrogens is 1. The Morgan fingerprint density at radius 3 is 2.87 bits per heavy atom. The number of rotatable bonds is 3. The third-order valence-corrected chi connectivity index (χ3v) is 4.02. The van der Waals surface area contributed by atoms with Crippen molar-refractivity contribution in [2.75, 3.05) is 5.32 Å². The summed E-state index contributed by atoms with van der Waals surface area (Å²) in [5.74, 6) is -0.437. The number of anilines is 1. The van der Waals surface area contributed by atoms with Gasteiger partial charge in [-0.25, -0.2) is 4.39 Å². The summed E-state index contributed by atoms with van der Waals surface area (Å²) < 4.78 is 14.6. The monoisotopic (exact) mass is 325 g/mol. The number of hydrogen-bond donors (Lipinski definition) is 1. The Morgan fingerprint density at radius 2 is 2.09 bits per heavy atom. The molecule has 0 saturated carbocycles. The first-order valence-electron chi connectivity index (χ1n) is 7.09. The summed E-state index contributed by atoms with van der Waals surface area (Å²) in [6, 6.07) is 14.2. The molecule has 114 valence electrons. The summed E-state index contributed by atoms with van der Waals surface area (Å²) in [5.41, 5.74) is 2.06. The van der Waals surface area contributed by atoms with Gasteiger partial charge in [0.2, 0.25) is 0 Å². The SMILES string of the molecule is CC(Nc1ccc2c(Cl)ccnc2c1F)c1cccc(C#N)c1. The predicted octanol–water partition coefficient (Wildman–Crippen LogP) is 5.07. The number of fused-ring (bicyclic) bond motifs is 1. The molecule has 3 aromatic rings. The maximum atomic E-state index is 14.6. The highest BCUT2D eigenvalue weighted by molar-refractivity contribution is 6.35. The molecule has 0 saturated heterocycles. The molecule has 1 heterocycles. The second-order valence-electron chi connectivity index (χ2n) is 5.22. The van der Waals surface area contributed by atoms with Crippen LogP contribution in [0.4, 0.5) is 10.1 Å². The molecule has 2 aromatic carbocycles. The average molecular weight is 326 g/mol. The first-order chi connectivity index (χ1) is 11.1. The van der Waals surface area contributed by atoms with Crippen LogP contribution in [0.25, 0.3) is 10.9 Å². The molecule has 0 aliphatic rings. The van der Waals surface area contributed by atoms with Crippen LogP contribution in [-0.4, -0.2) is 4.98 Å². The molecular formula is C18H13ClFN3. The van der Waals surface area contributed by atoms with Gasteiger partial charge in [-0.1, -0.05) is 23.7 Å². The van der Waals surface area contributed by atoms with E-state index in [1.807, 2.05) is 19.1 Å². The van der Waals surface area contributed by atoms with Crippen molar-refractivity contribution in [2.24, 2.45) is 0 Å². The van der Waals surface area contributed by atoms with Gasteiger partial charge in [0, 0.05) is 17.6 Å². The molecule has 0 spiro atoms. The Morgan fingerprint density at radius 1 is 1.26 bits per heavy atom. The lowest BCUT2D eigenvalue weighted by molar-refractivity contribution is 0.636. The molecule has 0 amide bonds. The molecule has 1 N–H and O–H groups in total. The minimum atomic E-state index is -0.437. The van der Waals surface area contributed by atoms with Crippen molar-refractivity contribution in [3.63, 3.8) is 0 Å². The van der Waals surface area contributed by atoms with E-state index in [1.54, 1.807) is 30.3 Å². The van der Waals surface area contributed by atoms with E-state index in [0.29, 0.717) is 21.7 Å². The quantitative estimate of drug-likeness (QED) is 0.731. The Labute approximate surface area is 138 Å². The van der Waals surface area contributed by atoms with Gasteiger partial charge in [-0.3, -0.25) is 4.98 Å². The summed E-state index contributed by atoms with van der Waals surface area (Å²) in [4.78, 5) is 4.07. The van der Waals surface area contributed by atoms with Crippen molar-refractivity contribution in [2.45, 2.75) is 13.0 Å². The summed E-state index contributed by atoms with van der Waals surface area (Å²) in [7, 11) is 0. The predicted molar refractivity (Wildman–Crippen MR) is 89.9 cm³/mol. The van der Waals surface area contributed by atoms with Crippen molar-refractivity contribution in [1.82, 2.24) is 4.98 Å².